The average Bonchev–Trinajstić information content (AvgIpc) is 2.49. The highest BCUT2D eigenvalue weighted by molar-refractivity contribution is 6.33. The molecule has 2 aromatic carbocycles. The van der Waals surface area contributed by atoms with Gasteiger partial charge in [0.1, 0.15) is 5.75 Å². The van der Waals surface area contributed by atoms with E-state index in [1.165, 1.54) is 0 Å². The lowest BCUT2D eigenvalue weighted by Gasteiger charge is -2.19. The molecule has 0 saturated heterocycles. The fraction of sp³-hybridized carbons (Fsp3) is 0.188. The van der Waals surface area contributed by atoms with E-state index < -0.39 is 0 Å². The second-order valence-electron chi connectivity index (χ2n) is 4.32. The SMILES string of the molecule is COc1ccc(Cl)c(NC(CC#N)c2ccccc2)c1. The smallest absolute Gasteiger partial charge is 0.121 e. The van der Waals surface area contributed by atoms with Crippen molar-refractivity contribution in [1.29, 1.82) is 5.26 Å². The number of hydrogen-bond donors (Lipinski definition) is 1. The molecule has 0 aliphatic heterocycles. The zero-order valence-corrected chi connectivity index (χ0v) is 11.9. The van der Waals surface area contributed by atoms with Crippen LogP contribution in [-0.2, 0) is 0 Å². The molecule has 0 radical (unpaired) electrons. The number of methoxy groups -OCH3 is 1. The van der Waals surface area contributed by atoms with E-state index in [2.05, 4.69) is 11.4 Å². The van der Waals surface area contributed by atoms with Gasteiger partial charge < -0.3 is 10.1 Å². The monoisotopic (exact) mass is 286 g/mol. The lowest BCUT2D eigenvalue weighted by atomic mass is 10.0. The van der Waals surface area contributed by atoms with Gasteiger partial charge in [0.05, 0.1) is 36.4 Å². The Labute approximate surface area is 123 Å². The molecule has 3 nitrogen and oxygen atoms in total. The molecule has 1 unspecified atom stereocenters. The molecule has 2 rings (SSSR count). The maximum atomic E-state index is 9.00. The minimum atomic E-state index is -0.106. The number of rotatable bonds is 5. The minimum absolute atomic E-state index is 0.106. The molecule has 0 aromatic heterocycles. The molecule has 0 spiro atoms. The van der Waals surface area contributed by atoms with Gasteiger partial charge in [-0.05, 0) is 17.7 Å². The predicted octanol–water partition coefficient (Wildman–Crippen LogP) is 4.42. The van der Waals surface area contributed by atoms with Gasteiger partial charge in [0.25, 0.3) is 0 Å². The van der Waals surface area contributed by atoms with Crippen LogP contribution in [0.5, 0.6) is 5.75 Å². The summed E-state index contributed by atoms with van der Waals surface area (Å²) in [6, 6.07) is 17.3. The first-order valence-corrected chi connectivity index (χ1v) is 6.64. The molecule has 2 aromatic rings. The zero-order valence-electron chi connectivity index (χ0n) is 11.1. The number of benzene rings is 2. The second kappa shape index (κ2) is 6.83. The number of anilines is 1. The van der Waals surface area contributed by atoms with E-state index in [9.17, 15) is 0 Å². The Kier molecular flexibility index (Phi) is 4.86. The lowest BCUT2D eigenvalue weighted by Crippen LogP contribution is -2.10. The van der Waals surface area contributed by atoms with Crippen LogP contribution in [0.1, 0.15) is 18.0 Å². The van der Waals surface area contributed by atoms with Crippen LogP contribution in [-0.4, -0.2) is 7.11 Å². The first-order valence-electron chi connectivity index (χ1n) is 6.26. The molecule has 4 heteroatoms. The van der Waals surface area contributed by atoms with Crippen molar-refractivity contribution in [1.82, 2.24) is 0 Å². The van der Waals surface area contributed by atoms with Crippen molar-refractivity contribution < 1.29 is 4.74 Å². The molecule has 0 aliphatic carbocycles. The maximum Gasteiger partial charge on any atom is 0.121 e. The molecule has 0 amide bonds. The summed E-state index contributed by atoms with van der Waals surface area (Å²) in [6.07, 6.45) is 0.359. The van der Waals surface area contributed by atoms with Crippen LogP contribution in [0, 0.1) is 11.3 Å². The highest BCUT2D eigenvalue weighted by Crippen LogP contribution is 2.31. The van der Waals surface area contributed by atoms with Crippen LogP contribution in [0.4, 0.5) is 5.69 Å². The van der Waals surface area contributed by atoms with Crippen molar-refractivity contribution in [2.45, 2.75) is 12.5 Å². The maximum absolute atomic E-state index is 9.00. The Morgan fingerprint density at radius 2 is 2.00 bits per heavy atom. The molecule has 20 heavy (non-hydrogen) atoms. The Bertz CT molecular complexity index is 608. The van der Waals surface area contributed by atoms with Crippen molar-refractivity contribution in [3.8, 4) is 11.8 Å². The summed E-state index contributed by atoms with van der Waals surface area (Å²) in [4.78, 5) is 0. The third kappa shape index (κ3) is 3.43. The number of nitrogens with one attached hydrogen (secondary N) is 1. The summed E-state index contributed by atoms with van der Waals surface area (Å²) in [5.41, 5.74) is 1.81. The number of halogens is 1. The Morgan fingerprint density at radius 3 is 2.65 bits per heavy atom. The summed E-state index contributed by atoms with van der Waals surface area (Å²) in [6.45, 7) is 0. The van der Waals surface area contributed by atoms with Gasteiger partial charge in [0.15, 0.2) is 0 Å². The summed E-state index contributed by atoms with van der Waals surface area (Å²) < 4.78 is 5.19. The van der Waals surface area contributed by atoms with Crippen molar-refractivity contribution in [3.63, 3.8) is 0 Å². The third-order valence-electron chi connectivity index (χ3n) is 3.00. The highest BCUT2D eigenvalue weighted by Gasteiger charge is 2.13. The number of nitrogens with zero attached hydrogens (tertiary/aromatic N) is 1. The van der Waals surface area contributed by atoms with Crippen molar-refractivity contribution in [2.75, 3.05) is 12.4 Å². The first kappa shape index (κ1) is 14.2. The van der Waals surface area contributed by atoms with Crippen LogP contribution in [0.2, 0.25) is 5.02 Å². The van der Waals surface area contributed by atoms with Crippen LogP contribution < -0.4 is 10.1 Å². The number of ether oxygens (including phenoxy) is 1. The molecule has 1 atom stereocenters. The molecule has 1 N–H and O–H groups in total. The van der Waals surface area contributed by atoms with E-state index in [1.54, 1.807) is 19.2 Å². The summed E-state index contributed by atoms with van der Waals surface area (Å²) >= 11 is 6.18. The standard InChI is InChI=1S/C16H15ClN2O/c1-20-13-7-8-14(17)16(11-13)19-15(9-10-18)12-5-3-2-4-6-12/h2-8,11,15,19H,9H2,1H3. The molecule has 0 aliphatic rings. The van der Waals surface area contributed by atoms with Gasteiger partial charge in [-0.15, -0.1) is 0 Å². The summed E-state index contributed by atoms with van der Waals surface area (Å²) in [5.74, 6) is 0.723. The van der Waals surface area contributed by atoms with Crippen LogP contribution in [0.15, 0.2) is 48.5 Å². The Balaban J connectivity index is 2.27. The Morgan fingerprint density at radius 1 is 1.25 bits per heavy atom. The predicted molar refractivity (Wildman–Crippen MR) is 81.0 cm³/mol. The number of nitriles is 1. The van der Waals surface area contributed by atoms with Gasteiger partial charge >= 0.3 is 0 Å². The molecule has 102 valence electrons. The molecule has 0 saturated carbocycles. The van der Waals surface area contributed by atoms with Gasteiger partial charge in [0, 0.05) is 6.07 Å². The van der Waals surface area contributed by atoms with E-state index in [4.69, 9.17) is 21.6 Å². The van der Waals surface area contributed by atoms with Crippen molar-refractivity contribution in [2.24, 2.45) is 0 Å². The number of hydrogen-bond acceptors (Lipinski definition) is 3. The first-order chi connectivity index (χ1) is 9.74. The average molecular weight is 287 g/mol. The third-order valence-corrected chi connectivity index (χ3v) is 3.33. The van der Waals surface area contributed by atoms with Crippen molar-refractivity contribution in [3.05, 3.63) is 59.1 Å². The molecule has 0 fully saturated rings. The van der Waals surface area contributed by atoms with Crippen LogP contribution in [0.3, 0.4) is 0 Å². The normalized spacial score (nSPS) is 11.4. The largest absolute Gasteiger partial charge is 0.497 e. The van der Waals surface area contributed by atoms with Gasteiger partial charge in [-0.1, -0.05) is 41.9 Å². The quantitative estimate of drug-likeness (QED) is 0.885. The minimum Gasteiger partial charge on any atom is -0.497 e. The summed E-state index contributed by atoms with van der Waals surface area (Å²) in [5, 5.41) is 12.9. The van der Waals surface area contributed by atoms with Crippen LogP contribution in [0.25, 0.3) is 0 Å². The Hall–Kier alpha value is -2.18. The fourth-order valence-electron chi connectivity index (χ4n) is 1.96. The lowest BCUT2D eigenvalue weighted by molar-refractivity contribution is 0.415. The van der Waals surface area contributed by atoms with E-state index >= 15 is 0 Å². The van der Waals surface area contributed by atoms with Crippen molar-refractivity contribution >= 4 is 17.3 Å². The van der Waals surface area contributed by atoms with Crippen LogP contribution >= 0.6 is 11.6 Å². The fourth-order valence-corrected chi connectivity index (χ4v) is 2.13. The topological polar surface area (TPSA) is 45.0 Å². The van der Waals surface area contributed by atoms with Gasteiger partial charge in [-0.25, -0.2) is 0 Å². The molecular weight excluding hydrogens is 272 g/mol. The van der Waals surface area contributed by atoms with Gasteiger partial charge in [0.2, 0.25) is 0 Å². The van der Waals surface area contributed by atoms with E-state index in [0.717, 1.165) is 17.0 Å². The van der Waals surface area contributed by atoms with E-state index in [-0.39, 0.29) is 6.04 Å². The van der Waals surface area contributed by atoms with E-state index in [0.29, 0.717) is 11.4 Å². The second-order valence-corrected chi connectivity index (χ2v) is 4.72. The van der Waals surface area contributed by atoms with E-state index in [1.807, 2.05) is 36.4 Å². The molecule has 0 heterocycles. The molecule has 0 bridgehead atoms. The summed E-state index contributed by atoms with van der Waals surface area (Å²) in [7, 11) is 1.61. The molecular formula is C16H15ClN2O. The zero-order chi connectivity index (χ0) is 14.4. The van der Waals surface area contributed by atoms with Gasteiger partial charge in [-0.2, -0.15) is 5.26 Å². The highest BCUT2D eigenvalue weighted by atomic mass is 35.5. The van der Waals surface area contributed by atoms with Gasteiger partial charge in [-0.3, -0.25) is 0 Å².